The van der Waals surface area contributed by atoms with E-state index in [2.05, 4.69) is 44.5 Å². The molecule has 0 aliphatic heterocycles. The second kappa shape index (κ2) is 10.4. The lowest BCUT2D eigenvalue weighted by Gasteiger charge is -2.12. The molecule has 0 aliphatic rings. The van der Waals surface area contributed by atoms with Gasteiger partial charge in [-0.05, 0) is 64.0 Å². The van der Waals surface area contributed by atoms with Gasteiger partial charge in [0.1, 0.15) is 18.4 Å². The molecule has 3 aromatic carbocycles. The molecule has 164 valence electrons. The number of fused-ring (bicyclic) bond motifs is 1. The molecule has 0 bridgehead atoms. The van der Waals surface area contributed by atoms with E-state index >= 15 is 0 Å². The third-order valence-electron chi connectivity index (χ3n) is 4.95. The maximum absolute atomic E-state index is 10.1. The van der Waals surface area contributed by atoms with Crippen LogP contribution in [0.25, 0.3) is 22.7 Å². The number of para-hydroxylation sites is 2. The predicted octanol–water partition coefficient (Wildman–Crippen LogP) is 7.89. The van der Waals surface area contributed by atoms with Crippen molar-refractivity contribution in [2.75, 3.05) is 6.61 Å². The zero-order chi connectivity index (χ0) is 23.4. The minimum Gasteiger partial charge on any atom is -0.488 e. The number of nitrogens with zero attached hydrogens (tertiary/aromatic N) is 3. The molecule has 4 aromatic rings. The van der Waals surface area contributed by atoms with Gasteiger partial charge in [-0.2, -0.15) is 5.26 Å². The van der Waals surface area contributed by atoms with Crippen LogP contribution in [0, 0.1) is 11.3 Å². The number of aromatic nitrogens is 2. The van der Waals surface area contributed by atoms with Crippen LogP contribution in [0.1, 0.15) is 17.0 Å². The van der Waals surface area contributed by atoms with Gasteiger partial charge in [-0.25, -0.2) is 4.98 Å². The van der Waals surface area contributed by atoms with Crippen LogP contribution < -0.4 is 4.74 Å². The smallest absolute Gasteiger partial charge is 0.152 e. The normalized spacial score (nSPS) is 11.4. The number of hydrogen-bond acceptors (Lipinski definition) is 3. The predicted molar refractivity (Wildman–Crippen MR) is 141 cm³/mol. The number of imidazole rings is 1. The topological polar surface area (TPSA) is 50.8 Å². The molecule has 1 heterocycles. The maximum Gasteiger partial charge on any atom is 0.152 e. The largest absolute Gasteiger partial charge is 0.488 e. The first-order chi connectivity index (χ1) is 16.0. The molecule has 0 aliphatic carbocycles. The summed E-state index contributed by atoms with van der Waals surface area (Å²) in [7, 11) is 0. The van der Waals surface area contributed by atoms with E-state index in [-0.39, 0.29) is 0 Å². The van der Waals surface area contributed by atoms with Crippen LogP contribution in [-0.2, 0) is 6.54 Å². The van der Waals surface area contributed by atoms with Crippen molar-refractivity contribution in [1.29, 1.82) is 5.26 Å². The van der Waals surface area contributed by atoms with E-state index in [1.165, 1.54) is 0 Å². The number of halogens is 3. The highest BCUT2D eigenvalue weighted by Gasteiger charge is 2.17. The lowest BCUT2D eigenvalue weighted by molar-refractivity contribution is 0.360. The van der Waals surface area contributed by atoms with Gasteiger partial charge < -0.3 is 9.30 Å². The van der Waals surface area contributed by atoms with Crippen molar-refractivity contribution >= 4 is 66.1 Å². The van der Waals surface area contributed by atoms with Crippen molar-refractivity contribution < 1.29 is 4.74 Å². The molecule has 0 N–H and O–H groups in total. The van der Waals surface area contributed by atoms with Gasteiger partial charge in [-0.3, -0.25) is 0 Å². The van der Waals surface area contributed by atoms with Crippen molar-refractivity contribution in [3.05, 3.63) is 104 Å². The van der Waals surface area contributed by atoms with Crippen LogP contribution in [0.4, 0.5) is 0 Å². The molecule has 0 saturated carbocycles. The molecule has 4 rings (SSSR count). The summed E-state index contributed by atoms with van der Waals surface area (Å²) in [5.41, 5.74) is 4.00. The fraction of sp³-hybridized carbons (Fsp3) is 0.0769. The number of ether oxygens (including phenoxy) is 1. The Bertz CT molecular complexity index is 1400. The molecule has 0 saturated heterocycles. The summed E-state index contributed by atoms with van der Waals surface area (Å²) < 4.78 is 9.55. The van der Waals surface area contributed by atoms with E-state index in [9.17, 15) is 5.26 Å². The number of nitriles is 1. The summed E-state index contributed by atoms with van der Waals surface area (Å²) in [5, 5.41) is 10.8. The number of allylic oxidation sites excluding steroid dienone is 1. The molecule has 0 spiro atoms. The lowest BCUT2D eigenvalue weighted by Crippen LogP contribution is -2.05. The average Bonchev–Trinajstić information content (AvgIpc) is 3.16. The van der Waals surface area contributed by atoms with Gasteiger partial charge in [0.25, 0.3) is 0 Å². The molecule has 0 unspecified atom stereocenters. The van der Waals surface area contributed by atoms with Gasteiger partial charge in [0.15, 0.2) is 5.82 Å². The molecule has 1 aromatic heterocycles. The van der Waals surface area contributed by atoms with Gasteiger partial charge in [-0.15, -0.1) is 0 Å². The third-order valence-corrected chi connectivity index (χ3v) is 6.25. The zero-order valence-electron chi connectivity index (χ0n) is 17.4. The maximum atomic E-state index is 10.1. The summed E-state index contributed by atoms with van der Waals surface area (Å²) in [5.74, 6) is 1.21. The summed E-state index contributed by atoms with van der Waals surface area (Å²) in [6.07, 6.45) is 3.48. The third kappa shape index (κ3) is 5.22. The fourth-order valence-electron chi connectivity index (χ4n) is 3.50. The van der Waals surface area contributed by atoms with Gasteiger partial charge >= 0.3 is 0 Å². The highest BCUT2D eigenvalue weighted by molar-refractivity contribution is 9.11. The van der Waals surface area contributed by atoms with Gasteiger partial charge in [-0.1, -0.05) is 64.5 Å². The van der Waals surface area contributed by atoms with E-state index in [0.29, 0.717) is 35.3 Å². The van der Waals surface area contributed by atoms with E-state index in [1.807, 2.05) is 65.2 Å². The van der Waals surface area contributed by atoms with Crippen molar-refractivity contribution in [2.45, 2.75) is 6.54 Å². The van der Waals surface area contributed by atoms with Crippen LogP contribution in [-0.4, -0.2) is 16.2 Å². The zero-order valence-corrected chi connectivity index (χ0v) is 21.4. The Morgan fingerprint density at radius 2 is 1.91 bits per heavy atom. The molecule has 33 heavy (non-hydrogen) atoms. The van der Waals surface area contributed by atoms with Crippen LogP contribution in [0.2, 0.25) is 5.02 Å². The van der Waals surface area contributed by atoms with Crippen LogP contribution >= 0.6 is 43.5 Å². The second-order valence-corrected chi connectivity index (χ2v) is 9.42. The summed E-state index contributed by atoms with van der Waals surface area (Å²) in [6, 6.07) is 21.7. The quantitative estimate of drug-likeness (QED) is 0.164. The number of rotatable bonds is 7. The Hall–Kier alpha value is -2.85. The van der Waals surface area contributed by atoms with Crippen molar-refractivity contribution in [3.8, 4) is 11.8 Å². The molecule has 0 radical (unpaired) electrons. The SMILES string of the molecule is C=CCOc1c(Br)cc(Br)cc1/C=C(/C#N)c1nc2ccccc2n1Cc1ccc(Cl)cc1. The van der Waals surface area contributed by atoms with Crippen molar-refractivity contribution in [3.63, 3.8) is 0 Å². The molecule has 0 amide bonds. The molecular formula is C26H18Br2ClN3O. The monoisotopic (exact) mass is 581 g/mol. The lowest BCUT2D eigenvalue weighted by atomic mass is 10.1. The summed E-state index contributed by atoms with van der Waals surface area (Å²) in [4.78, 5) is 4.80. The molecule has 4 nitrogen and oxygen atoms in total. The van der Waals surface area contributed by atoms with Gasteiger partial charge in [0, 0.05) is 21.6 Å². The van der Waals surface area contributed by atoms with E-state index < -0.39 is 0 Å². The fourth-order valence-corrected chi connectivity index (χ4v) is 5.00. The highest BCUT2D eigenvalue weighted by atomic mass is 79.9. The Balaban J connectivity index is 1.87. The Labute approximate surface area is 214 Å². The Morgan fingerprint density at radius 1 is 1.15 bits per heavy atom. The molecule has 0 fully saturated rings. The molecular weight excluding hydrogens is 566 g/mol. The van der Waals surface area contributed by atoms with Crippen molar-refractivity contribution in [2.24, 2.45) is 0 Å². The standard InChI is InChI=1S/C26H18Br2ClN3O/c1-2-11-33-25-18(13-20(27)14-22(25)28)12-19(15-30)26-31-23-5-3-4-6-24(23)32(26)16-17-7-9-21(29)10-8-17/h2-10,12-14H,1,11,16H2/b19-12-. The highest BCUT2D eigenvalue weighted by Crippen LogP contribution is 2.36. The van der Waals surface area contributed by atoms with Crippen LogP contribution in [0.3, 0.4) is 0 Å². The van der Waals surface area contributed by atoms with Gasteiger partial charge in [0.2, 0.25) is 0 Å². The Kier molecular flexibility index (Phi) is 7.34. The van der Waals surface area contributed by atoms with E-state index in [1.54, 1.807) is 12.2 Å². The summed E-state index contributed by atoms with van der Waals surface area (Å²) >= 11 is 13.1. The van der Waals surface area contributed by atoms with Gasteiger partial charge in [0.05, 0.1) is 21.1 Å². The van der Waals surface area contributed by atoms with E-state index in [0.717, 1.165) is 31.1 Å². The second-order valence-electron chi connectivity index (χ2n) is 7.21. The first kappa shape index (κ1) is 23.3. The first-order valence-corrected chi connectivity index (χ1v) is 12.0. The Morgan fingerprint density at radius 3 is 2.64 bits per heavy atom. The summed E-state index contributed by atoms with van der Waals surface area (Å²) in [6.45, 7) is 4.61. The van der Waals surface area contributed by atoms with Crippen LogP contribution in [0.15, 0.2) is 82.3 Å². The van der Waals surface area contributed by atoms with Crippen LogP contribution in [0.5, 0.6) is 5.75 Å². The number of benzene rings is 3. The molecule has 7 heteroatoms. The minimum atomic E-state index is 0.345. The first-order valence-electron chi connectivity index (χ1n) is 10.0. The van der Waals surface area contributed by atoms with E-state index in [4.69, 9.17) is 21.3 Å². The minimum absolute atomic E-state index is 0.345. The molecule has 0 atom stereocenters. The van der Waals surface area contributed by atoms with Crippen molar-refractivity contribution in [1.82, 2.24) is 9.55 Å². The average molecular weight is 584 g/mol. The number of hydrogen-bond donors (Lipinski definition) is 0.